The fourth-order valence-corrected chi connectivity index (χ4v) is 7.36. The Morgan fingerprint density at radius 1 is 0.778 bits per heavy atom. The normalized spacial score (nSPS) is 18.4. The van der Waals surface area contributed by atoms with E-state index in [2.05, 4.69) is 64.9 Å². The van der Waals surface area contributed by atoms with Gasteiger partial charge in [-0.15, -0.1) is 32.9 Å². The highest BCUT2D eigenvalue weighted by Crippen LogP contribution is 2.45. The quantitative estimate of drug-likeness (QED) is 0.444. The van der Waals surface area contributed by atoms with Gasteiger partial charge in [0, 0.05) is 52.5 Å². The molecule has 0 radical (unpaired) electrons. The predicted molar refractivity (Wildman–Crippen MR) is 135 cm³/mol. The maximum Gasteiger partial charge on any atom is 0.239 e. The molecule has 0 saturated carbocycles. The van der Waals surface area contributed by atoms with Crippen LogP contribution in [0.25, 0.3) is 5.57 Å². The monoisotopic (exact) mass is 573 g/mol. The van der Waals surface area contributed by atoms with Crippen LogP contribution in [0.3, 0.4) is 0 Å². The second kappa shape index (κ2) is 12.4. The summed E-state index contributed by atoms with van der Waals surface area (Å²) in [5.74, 6) is 0. The van der Waals surface area contributed by atoms with Gasteiger partial charge in [0.25, 0.3) is 0 Å². The zero-order valence-electron chi connectivity index (χ0n) is 20.0. The van der Waals surface area contributed by atoms with Crippen LogP contribution in [0.5, 0.6) is 0 Å². The third-order valence-corrected chi connectivity index (χ3v) is 9.20. The van der Waals surface area contributed by atoms with E-state index in [0.29, 0.717) is 0 Å². The van der Waals surface area contributed by atoms with Gasteiger partial charge in [-0.25, -0.2) is 23.2 Å². The van der Waals surface area contributed by atoms with Crippen LogP contribution in [0.15, 0.2) is 41.3 Å². The molecule has 13 heteroatoms. The average Bonchev–Trinajstić information content (AvgIpc) is 3.62. The lowest BCUT2D eigenvalue weighted by Gasteiger charge is -2.27. The first kappa shape index (κ1) is 27.6. The van der Waals surface area contributed by atoms with Crippen LogP contribution in [-0.2, 0) is 9.47 Å². The Morgan fingerprint density at radius 2 is 1.22 bits per heavy atom. The number of thioether (sulfide) groups is 1. The number of morpholine rings is 2. The van der Waals surface area contributed by atoms with Crippen LogP contribution in [-0.4, -0.2) is 76.3 Å². The van der Waals surface area contributed by atoms with Crippen molar-refractivity contribution in [2.24, 2.45) is 0 Å². The van der Waals surface area contributed by atoms with E-state index in [1.807, 2.05) is 34.4 Å². The fourth-order valence-electron chi connectivity index (χ4n) is 3.90. The van der Waals surface area contributed by atoms with E-state index < -0.39 is 10.2 Å². The molecule has 9 nitrogen and oxygen atoms in total. The molecular weight excluding hydrogens is 546 g/mol. The smallest absolute Gasteiger partial charge is 0.239 e. The molecule has 0 bridgehead atoms. The zero-order chi connectivity index (χ0) is 25.7. The van der Waals surface area contributed by atoms with Gasteiger partial charge in [0.05, 0.1) is 36.4 Å². The molecule has 36 heavy (non-hydrogen) atoms. The van der Waals surface area contributed by atoms with E-state index in [1.165, 1.54) is 35.3 Å². The molecule has 0 unspecified atom stereocenters. The number of hydrogen-bond acceptors (Lipinski definition) is 11. The molecule has 0 amide bonds. The van der Waals surface area contributed by atoms with Crippen molar-refractivity contribution < 1.29 is 42.9 Å². The van der Waals surface area contributed by atoms with Gasteiger partial charge in [-0.05, 0) is 42.1 Å². The first-order chi connectivity index (χ1) is 17.2. The minimum atomic E-state index is -4.94. The topological polar surface area (TPSA) is 120 Å². The molecule has 0 aliphatic carbocycles. The van der Waals surface area contributed by atoms with E-state index in [-0.39, 0.29) is 0 Å². The van der Waals surface area contributed by atoms with Crippen LogP contribution >= 0.6 is 34.4 Å². The summed E-state index contributed by atoms with van der Waals surface area (Å²) < 4.78 is 47.2. The third-order valence-electron chi connectivity index (χ3n) is 5.60. The summed E-state index contributed by atoms with van der Waals surface area (Å²) in [4.78, 5) is 8.90. The van der Waals surface area contributed by atoms with E-state index in [1.54, 1.807) is 0 Å². The van der Waals surface area contributed by atoms with Crippen LogP contribution in [0, 0.1) is 10.2 Å². The molecule has 3 aliphatic heterocycles. The van der Waals surface area contributed by atoms with Crippen molar-refractivity contribution >= 4 is 55.1 Å². The van der Waals surface area contributed by atoms with Gasteiger partial charge < -0.3 is 19.3 Å². The summed E-state index contributed by atoms with van der Waals surface area (Å²) in [7, 11) is -0.725. The summed E-state index contributed by atoms with van der Waals surface area (Å²) in [6.45, 7) is 7.14. The molecule has 0 aromatic carbocycles. The average molecular weight is 574 g/mol. The molecule has 3 aliphatic rings. The van der Waals surface area contributed by atoms with Crippen LogP contribution in [0.4, 0.5) is 10.0 Å². The number of hydrogen-bond donors (Lipinski definition) is 0. The predicted octanol–water partition coefficient (Wildman–Crippen LogP) is -0.540. The van der Waals surface area contributed by atoms with Crippen molar-refractivity contribution in [3.05, 3.63) is 51.1 Å². The van der Waals surface area contributed by atoms with E-state index in [4.69, 9.17) is 28.1 Å². The summed E-state index contributed by atoms with van der Waals surface area (Å²) in [6, 6.07) is 9.16. The molecule has 2 aromatic rings. The highest BCUT2D eigenvalue weighted by Gasteiger charge is 2.24. The maximum absolute atomic E-state index is 8.49. The first-order valence-electron chi connectivity index (χ1n) is 11.3. The van der Waals surface area contributed by atoms with Crippen molar-refractivity contribution in [3.63, 3.8) is 0 Å². The van der Waals surface area contributed by atoms with Crippen molar-refractivity contribution in [1.29, 1.82) is 0 Å². The minimum absolute atomic E-state index is 0.814. The SMILES string of the molecule is C[N+](C)=C1C=CC(=C(c2ccc(N3CCOCC3)s2)c2ccc(N3CCOCC3)s2)S1.[O-][Cl+3]([O-])([O-])[O-]. The Labute approximate surface area is 224 Å². The second-order valence-electron chi connectivity index (χ2n) is 8.26. The van der Waals surface area contributed by atoms with Gasteiger partial charge in [-0.1, -0.05) is 0 Å². The number of halogens is 1. The fraction of sp³-hybridized carbons (Fsp3) is 0.435. The van der Waals surface area contributed by atoms with Gasteiger partial charge in [0.1, 0.15) is 14.1 Å². The number of anilines is 2. The highest BCUT2D eigenvalue weighted by molar-refractivity contribution is 8.18. The van der Waals surface area contributed by atoms with Crippen LogP contribution in [0.1, 0.15) is 9.75 Å². The Kier molecular flexibility index (Phi) is 9.50. The van der Waals surface area contributed by atoms with Crippen molar-refractivity contribution in [2.75, 3.05) is 76.5 Å². The number of rotatable bonds is 4. The summed E-state index contributed by atoms with van der Waals surface area (Å²) in [5.41, 5.74) is 1.35. The molecule has 2 aromatic heterocycles. The Balaban J connectivity index is 0.000000556. The first-order valence-corrected chi connectivity index (χ1v) is 15.0. The van der Waals surface area contributed by atoms with Gasteiger partial charge >= 0.3 is 0 Å². The molecule has 2 fully saturated rings. The summed E-state index contributed by atoms with van der Waals surface area (Å²) in [6.07, 6.45) is 4.50. The minimum Gasteiger partial charge on any atom is -0.378 e. The van der Waals surface area contributed by atoms with Crippen LogP contribution in [0.2, 0.25) is 0 Å². The number of allylic oxidation sites excluding steroid dienone is 1. The second-order valence-corrected chi connectivity index (χ2v) is 12.2. The molecule has 0 N–H and O–H groups in total. The van der Waals surface area contributed by atoms with Crippen molar-refractivity contribution in [1.82, 2.24) is 0 Å². The molecule has 0 atom stereocenters. The van der Waals surface area contributed by atoms with Gasteiger partial charge in [0.15, 0.2) is 0 Å². The van der Waals surface area contributed by atoms with Gasteiger partial charge in [0.2, 0.25) is 5.04 Å². The zero-order valence-corrected chi connectivity index (χ0v) is 23.2. The number of ether oxygens (including phenoxy) is 2. The molecular formula is C23H28ClN3O6S3. The van der Waals surface area contributed by atoms with E-state index in [9.17, 15) is 0 Å². The lowest BCUT2D eigenvalue weighted by molar-refractivity contribution is -2.00. The van der Waals surface area contributed by atoms with Crippen LogP contribution < -0.4 is 28.4 Å². The van der Waals surface area contributed by atoms with E-state index >= 15 is 0 Å². The highest BCUT2D eigenvalue weighted by atomic mass is 35.7. The van der Waals surface area contributed by atoms with Crippen molar-refractivity contribution in [3.8, 4) is 0 Å². The molecule has 196 valence electrons. The largest absolute Gasteiger partial charge is 0.378 e. The lowest BCUT2D eigenvalue weighted by atomic mass is 10.1. The van der Waals surface area contributed by atoms with Crippen molar-refractivity contribution in [2.45, 2.75) is 0 Å². The molecule has 2 saturated heterocycles. The number of nitrogens with zero attached hydrogens (tertiary/aromatic N) is 3. The molecule has 0 spiro atoms. The number of thiophene rings is 2. The Bertz CT molecular complexity index is 1060. The van der Waals surface area contributed by atoms with Gasteiger partial charge in [-0.3, -0.25) is 0 Å². The van der Waals surface area contributed by atoms with Gasteiger partial charge in [-0.2, -0.15) is 0 Å². The lowest BCUT2D eigenvalue weighted by Crippen LogP contribution is -2.68. The van der Waals surface area contributed by atoms with E-state index in [0.717, 1.165) is 52.6 Å². The Morgan fingerprint density at radius 3 is 1.61 bits per heavy atom. The molecule has 5 heterocycles. The standard InChI is InChI=1S/C23H28N3O2S3.ClHO4/c1-24(2)20-6-3-17(29-20)23(18-4-7-21(30-18)25-9-13-27-14-10-25)19-5-8-22(31-19)26-11-15-28-16-12-26;2-1(3,4)5/h3-8H,9-16H2,1-2H3;(H,2,3,4,5)/q+1;/p-1. The maximum atomic E-state index is 8.49. The third kappa shape index (κ3) is 7.54. The summed E-state index contributed by atoms with van der Waals surface area (Å²) in [5, 5.41) is 3.96. The Hall–Kier alpha value is -1.45. The molecule has 5 rings (SSSR count). The summed E-state index contributed by atoms with van der Waals surface area (Å²) >= 11 is 5.66.